The Labute approximate surface area is 178 Å². The average molecular weight is 419 g/mol. The summed E-state index contributed by atoms with van der Waals surface area (Å²) in [6, 6.07) is 13.8. The van der Waals surface area contributed by atoms with Crippen LogP contribution in [0, 0.1) is 6.92 Å². The molecule has 0 fully saturated rings. The van der Waals surface area contributed by atoms with Gasteiger partial charge in [-0.2, -0.15) is 4.52 Å². The maximum Gasteiger partial charge on any atom is 0.249 e. The van der Waals surface area contributed by atoms with Crippen LogP contribution in [0.2, 0.25) is 0 Å². The number of pyridine rings is 1. The Hall–Kier alpha value is -3.72. The molecule has 2 aromatic heterocycles. The van der Waals surface area contributed by atoms with Gasteiger partial charge in [-0.1, -0.05) is 17.7 Å². The number of fused-ring (bicyclic) bond motifs is 4. The number of rotatable bonds is 6. The Morgan fingerprint density at radius 3 is 2.87 bits per heavy atom. The number of carbonyl (C=O) groups is 1. The van der Waals surface area contributed by atoms with Crippen LogP contribution in [0.4, 0.5) is 0 Å². The molecule has 9 heteroatoms. The summed E-state index contributed by atoms with van der Waals surface area (Å²) in [6.07, 6.45) is 0. The second-order valence-electron chi connectivity index (χ2n) is 7.52. The van der Waals surface area contributed by atoms with Crippen LogP contribution in [-0.4, -0.2) is 51.4 Å². The van der Waals surface area contributed by atoms with Gasteiger partial charge in [0.25, 0.3) is 0 Å². The summed E-state index contributed by atoms with van der Waals surface area (Å²) in [5, 5.41) is 13.2. The monoisotopic (exact) mass is 419 g/mol. The van der Waals surface area contributed by atoms with Crippen LogP contribution in [-0.2, 0) is 22.6 Å². The summed E-state index contributed by atoms with van der Waals surface area (Å²) in [6.45, 7) is 2.96. The van der Waals surface area contributed by atoms with E-state index in [0.29, 0.717) is 30.2 Å². The summed E-state index contributed by atoms with van der Waals surface area (Å²) in [7, 11) is 1.51. The number of hydrogen-bond acceptors (Lipinski definition) is 7. The number of aromatic nitrogens is 4. The first-order chi connectivity index (χ1) is 15.1. The smallest absolute Gasteiger partial charge is 0.249 e. The molecule has 0 aliphatic carbocycles. The van der Waals surface area contributed by atoms with Crippen LogP contribution in [0.1, 0.15) is 16.7 Å². The van der Waals surface area contributed by atoms with E-state index in [4.69, 9.17) is 14.2 Å². The van der Waals surface area contributed by atoms with Gasteiger partial charge in [0, 0.05) is 31.1 Å². The van der Waals surface area contributed by atoms with Gasteiger partial charge in [0.15, 0.2) is 17.1 Å². The van der Waals surface area contributed by atoms with Gasteiger partial charge in [-0.3, -0.25) is 4.79 Å². The summed E-state index contributed by atoms with van der Waals surface area (Å²) >= 11 is 0. The zero-order valence-corrected chi connectivity index (χ0v) is 17.2. The van der Waals surface area contributed by atoms with Crippen molar-refractivity contribution in [2.24, 2.45) is 0 Å². The number of hydrogen-bond donors (Lipinski definition) is 0. The maximum absolute atomic E-state index is 12.9. The van der Waals surface area contributed by atoms with E-state index >= 15 is 0 Å². The highest BCUT2D eigenvalue weighted by Crippen LogP contribution is 2.33. The molecule has 0 spiro atoms. The van der Waals surface area contributed by atoms with Crippen LogP contribution in [0.15, 0.2) is 42.5 Å². The molecule has 0 bridgehead atoms. The van der Waals surface area contributed by atoms with Gasteiger partial charge >= 0.3 is 0 Å². The van der Waals surface area contributed by atoms with Crippen molar-refractivity contribution in [3.8, 4) is 11.5 Å². The van der Waals surface area contributed by atoms with Crippen LogP contribution < -0.4 is 9.47 Å². The number of benzene rings is 2. The van der Waals surface area contributed by atoms with E-state index < -0.39 is 0 Å². The highest BCUT2D eigenvalue weighted by molar-refractivity contribution is 5.84. The number of tetrazole rings is 1. The first kappa shape index (κ1) is 19.3. The summed E-state index contributed by atoms with van der Waals surface area (Å²) in [4.78, 5) is 14.6. The molecule has 4 aromatic rings. The Bertz CT molecular complexity index is 1290. The fraction of sp³-hybridized carbons (Fsp3) is 0.273. The molecule has 1 aliphatic rings. The van der Waals surface area contributed by atoms with Gasteiger partial charge < -0.3 is 19.1 Å². The third kappa shape index (κ3) is 3.64. The molecule has 3 heterocycles. The van der Waals surface area contributed by atoms with Crippen molar-refractivity contribution in [2.75, 3.05) is 20.5 Å². The topological polar surface area (TPSA) is 91.1 Å². The van der Waals surface area contributed by atoms with Crippen molar-refractivity contribution in [3.63, 3.8) is 0 Å². The van der Waals surface area contributed by atoms with E-state index in [9.17, 15) is 4.79 Å². The summed E-state index contributed by atoms with van der Waals surface area (Å²) in [5.41, 5.74) is 4.46. The lowest BCUT2D eigenvalue weighted by atomic mass is 10.1. The second kappa shape index (κ2) is 7.84. The summed E-state index contributed by atoms with van der Waals surface area (Å²) < 4.78 is 17.7. The zero-order valence-electron chi connectivity index (χ0n) is 17.2. The molecule has 0 saturated heterocycles. The molecular weight excluding hydrogens is 398 g/mol. The van der Waals surface area contributed by atoms with Gasteiger partial charge in [0.2, 0.25) is 12.7 Å². The predicted molar refractivity (Wildman–Crippen MR) is 112 cm³/mol. The minimum absolute atomic E-state index is 0.0154. The lowest BCUT2D eigenvalue weighted by Gasteiger charge is -2.23. The van der Waals surface area contributed by atoms with E-state index in [1.807, 2.05) is 43.3 Å². The number of amides is 1. The molecule has 0 unspecified atom stereocenters. The van der Waals surface area contributed by atoms with Crippen molar-refractivity contribution >= 4 is 22.5 Å². The molecule has 2 aromatic carbocycles. The van der Waals surface area contributed by atoms with Crippen LogP contribution in [0.3, 0.4) is 0 Å². The fourth-order valence-electron chi connectivity index (χ4n) is 3.81. The average Bonchev–Trinajstić information content (AvgIpc) is 3.42. The number of carbonyl (C=O) groups excluding carboxylic acids is 1. The Balaban J connectivity index is 1.52. The van der Waals surface area contributed by atoms with E-state index in [1.165, 1.54) is 7.11 Å². The number of methoxy groups -OCH3 is 1. The number of nitrogens with zero attached hydrogens (tertiary/aromatic N) is 5. The van der Waals surface area contributed by atoms with Crippen molar-refractivity contribution in [2.45, 2.75) is 20.0 Å². The van der Waals surface area contributed by atoms with Gasteiger partial charge in [-0.25, -0.2) is 0 Å². The van der Waals surface area contributed by atoms with Crippen molar-refractivity contribution in [1.29, 1.82) is 0 Å². The number of aryl methyl sites for hydroxylation is 1. The van der Waals surface area contributed by atoms with E-state index in [2.05, 4.69) is 21.6 Å². The van der Waals surface area contributed by atoms with Gasteiger partial charge in [-0.05, 0) is 53.2 Å². The van der Waals surface area contributed by atoms with Crippen LogP contribution in [0.5, 0.6) is 11.5 Å². The molecule has 31 heavy (non-hydrogen) atoms. The van der Waals surface area contributed by atoms with Gasteiger partial charge in [0.05, 0.1) is 5.52 Å². The minimum Gasteiger partial charge on any atom is -0.454 e. The SMILES string of the molecule is COCC(=O)N(Cc1ccc2c(c1)OCO2)Cc1cc2cc(C)ccc2n2nnnc12. The normalized spacial score (nSPS) is 12.6. The third-order valence-electron chi connectivity index (χ3n) is 5.29. The van der Waals surface area contributed by atoms with Crippen LogP contribution >= 0.6 is 0 Å². The molecule has 158 valence electrons. The molecule has 1 amide bonds. The van der Waals surface area contributed by atoms with Gasteiger partial charge in [-0.15, -0.1) is 5.10 Å². The Kier molecular flexibility index (Phi) is 4.87. The minimum atomic E-state index is -0.130. The first-order valence-corrected chi connectivity index (χ1v) is 9.88. The van der Waals surface area contributed by atoms with E-state index in [-0.39, 0.29) is 19.3 Å². The summed E-state index contributed by atoms with van der Waals surface area (Å²) in [5.74, 6) is 1.26. The molecule has 0 N–H and O–H groups in total. The predicted octanol–water partition coefficient (Wildman–Crippen LogP) is 2.49. The molecule has 1 aliphatic heterocycles. The quantitative estimate of drug-likeness (QED) is 0.474. The lowest BCUT2D eigenvalue weighted by molar-refractivity contribution is -0.136. The van der Waals surface area contributed by atoms with Crippen molar-refractivity contribution in [3.05, 3.63) is 59.2 Å². The Morgan fingerprint density at radius 2 is 2.00 bits per heavy atom. The van der Waals surface area contributed by atoms with Crippen LogP contribution in [0.25, 0.3) is 16.6 Å². The standard InChI is InChI=1S/C22H21N5O4/c1-14-3-5-18-16(7-14)9-17(22-23-24-25-27(18)22)11-26(21(28)12-29-2)10-15-4-6-19-20(8-15)31-13-30-19/h3-9H,10-13H2,1-2H3. The highest BCUT2D eigenvalue weighted by Gasteiger charge is 2.20. The molecule has 0 radical (unpaired) electrons. The van der Waals surface area contributed by atoms with E-state index in [0.717, 1.165) is 27.6 Å². The number of ether oxygens (including phenoxy) is 3. The molecular formula is C22H21N5O4. The molecule has 9 nitrogen and oxygen atoms in total. The maximum atomic E-state index is 12.9. The van der Waals surface area contributed by atoms with E-state index in [1.54, 1.807) is 9.42 Å². The van der Waals surface area contributed by atoms with Crippen molar-refractivity contribution in [1.82, 2.24) is 24.9 Å². The largest absolute Gasteiger partial charge is 0.454 e. The van der Waals surface area contributed by atoms with Gasteiger partial charge in [0.1, 0.15) is 6.61 Å². The lowest BCUT2D eigenvalue weighted by Crippen LogP contribution is -2.33. The van der Waals surface area contributed by atoms with Crippen molar-refractivity contribution < 1.29 is 19.0 Å². The Morgan fingerprint density at radius 1 is 1.13 bits per heavy atom. The highest BCUT2D eigenvalue weighted by atomic mass is 16.7. The molecule has 0 atom stereocenters. The fourth-order valence-corrected chi connectivity index (χ4v) is 3.81. The third-order valence-corrected chi connectivity index (χ3v) is 5.29. The molecule has 5 rings (SSSR count). The first-order valence-electron chi connectivity index (χ1n) is 9.88. The molecule has 0 saturated carbocycles. The zero-order chi connectivity index (χ0) is 21.4. The second-order valence-corrected chi connectivity index (χ2v) is 7.52.